The van der Waals surface area contributed by atoms with Crippen molar-refractivity contribution in [1.82, 2.24) is 0 Å². The van der Waals surface area contributed by atoms with E-state index in [4.69, 9.17) is 0 Å². The van der Waals surface area contributed by atoms with Crippen LogP contribution in [0.3, 0.4) is 0 Å². The van der Waals surface area contributed by atoms with Crippen LogP contribution in [0.1, 0.15) is 42.5 Å². The van der Waals surface area contributed by atoms with Crippen LogP contribution in [0.25, 0.3) is 0 Å². The predicted octanol–water partition coefficient (Wildman–Crippen LogP) is 3.62. The summed E-state index contributed by atoms with van der Waals surface area (Å²) in [5.41, 5.74) is 0.302. The maximum atomic E-state index is 14.1. The molecule has 4 aliphatic rings. The zero-order valence-corrected chi connectivity index (χ0v) is 13.8. The number of hydrogen-bond donors (Lipinski definition) is 1. The summed E-state index contributed by atoms with van der Waals surface area (Å²) in [6.45, 7) is 0. The predicted molar refractivity (Wildman–Crippen MR) is 86.9 cm³/mol. The van der Waals surface area contributed by atoms with Crippen molar-refractivity contribution in [2.75, 3.05) is 12.4 Å². The van der Waals surface area contributed by atoms with Crippen molar-refractivity contribution in [2.24, 2.45) is 29.6 Å². The number of nitrogens with one attached hydrogen (secondary N) is 1. The molecule has 4 saturated carbocycles. The summed E-state index contributed by atoms with van der Waals surface area (Å²) < 4.78 is 18.7. The van der Waals surface area contributed by atoms with Crippen LogP contribution >= 0.6 is 0 Å². The Hall–Kier alpha value is -1.91. The van der Waals surface area contributed by atoms with Gasteiger partial charge < -0.3 is 10.1 Å². The molecule has 0 saturated heterocycles. The topological polar surface area (TPSA) is 55.4 Å². The maximum absolute atomic E-state index is 14.1. The van der Waals surface area contributed by atoms with E-state index in [0.717, 1.165) is 37.5 Å². The summed E-state index contributed by atoms with van der Waals surface area (Å²) in [4.78, 5) is 24.4. The van der Waals surface area contributed by atoms with E-state index >= 15 is 0 Å². The average Bonchev–Trinajstić information content (AvgIpc) is 2.55. The van der Waals surface area contributed by atoms with Gasteiger partial charge in [0.1, 0.15) is 5.82 Å². The highest BCUT2D eigenvalue weighted by molar-refractivity contribution is 5.96. The molecule has 1 aromatic rings. The van der Waals surface area contributed by atoms with E-state index in [1.165, 1.54) is 31.7 Å². The summed E-state index contributed by atoms with van der Waals surface area (Å²) in [5, 5.41) is 2.74. The Morgan fingerprint density at radius 2 is 1.71 bits per heavy atom. The summed E-state index contributed by atoms with van der Waals surface area (Å²) >= 11 is 0. The number of amides is 1. The van der Waals surface area contributed by atoms with Crippen LogP contribution in [0.2, 0.25) is 0 Å². The van der Waals surface area contributed by atoms with Gasteiger partial charge in [0, 0.05) is 5.92 Å². The lowest BCUT2D eigenvalue weighted by Crippen LogP contribution is -2.49. The first kappa shape index (κ1) is 15.6. The molecule has 128 valence electrons. The second-order valence-corrected chi connectivity index (χ2v) is 7.63. The molecule has 4 fully saturated rings. The largest absolute Gasteiger partial charge is 0.465 e. The van der Waals surface area contributed by atoms with Gasteiger partial charge in [-0.25, -0.2) is 9.18 Å². The van der Waals surface area contributed by atoms with Gasteiger partial charge in [0.15, 0.2) is 0 Å². The van der Waals surface area contributed by atoms with Gasteiger partial charge in [0.2, 0.25) is 5.91 Å². The molecule has 5 rings (SSSR count). The van der Waals surface area contributed by atoms with Gasteiger partial charge in [-0.3, -0.25) is 4.79 Å². The fourth-order valence-electron chi connectivity index (χ4n) is 5.44. The summed E-state index contributed by atoms with van der Waals surface area (Å²) in [7, 11) is 1.28. The standard InChI is InChI=1S/C19H22FNO3/c1-24-19(23)12-2-3-15(20)16(9-12)21-18(22)17-13-5-10-4-11(7-13)8-14(17)6-10/h2-3,9-11,13-14,17H,4-8H2,1H3,(H,21,22). The van der Waals surface area contributed by atoms with E-state index < -0.39 is 11.8 Å². The van der Waals surface area contributed by atoms with Gasteiger partial charge in [-0.15, -0.1) is 0 Å². The summed E-state index contributed by atoms with van der Waals surface area (Å²) in [6, 6.07) is 3.91. The minimum atomic E-state index is -0.542. The quantitative estimate of drug-likeness (QED) is 0.861. The first-order valence-corrected chi connectivity index (χ1v) is 8.74. The molecule has 0 radical (unpaired) electrons. The van der Waals surface area contributed by atoms with Crippen molar-refractivity contribution >= 4 is 17.6 Å². The number of ether oxygens (including phenoxy) is 1. The monoisotopic (exact) mass is 331 g/mol. The summed E-state index contributed by atoms with van der Waals surface area (Å²) in [6.07, 6.45) is 5.87. The number of benzene rings is 1. The summed E-state index contributed by atoms with van der Waals surface area (Å²) in [5.74, 6) is 1.27. The van der Waals surface area contributed by atoms with E-state index in [-0.39, 0.29) is 23.1 Å². The molecule has 0 aliphatic heterocycles. The fourth-order valence-corrected chi connectivity index (χ4v) is 5.44. The third kappa shape index (κ3) is 2.60. The lowest BCUT2D eigenvalue weighted by molar-refractivity contribution is -0.132. The SMILES string of the molecule is COC(=O)c1ccc(F)c(NC(=O)C2C3CC4CC(C3)CC2C4)c1. The van der Waals surface area contributed by atoms with Crippen LogP contribution < -0.4 is 5.32 Å². The molecule has 24 heavy (non-hydrogen) atoms. The van der Waals surface area contributed by atoms with Gasteiger partial charge in [-0.2, -0.15) is 0 Å². The maximum Gasteiger partial charge on any atom is 0.337 e. The minimum Gasteiger partial charge on any atom is -0.465 e. The van der Waals surface area contributed by atoms with Crippen molar-refractivity contribution in [3.63, 3.8) is 0 Å². The second kappa shape index (κ2) is 5.87. The van der Waals surface area contributed by atoms with E-state index in [2.05, 4.69) is 10.1 Å². The number of carbonyl (C=O) groups is 2. The molecule has 0 atom stereocenters. The van der Waals surface area contributed by atoms with Gasteiger partial charge in [-0.1, -0.05) is 0 Å². The molecule has 4 bridgehead atoms. The van der Waals surface area contributed by atoms with Gasteiger partial charge in [0.05, 0.1) is 18.4 Å². The molecular formula is C19H22FNO3. The molecule has 4 aliphatic carbocycles. The number of hydrogen-bond acceptors (Lipinski definition) is 3. The second-order valence-electron chi connectivity index (χ2n) is 7.63. The Kier molecular flexibility index (Phi) is 3.82. The highest BCUT2D eigenvalue weighted by atomic mass is 19.1. The first-order chi connectivity index (χ1) is 11.5. The van der Waals surface area contributed by atoms with Crippen molar-refractivity contribution in [3.05, 3.63) is 29.6 Å². The Morgan fingerprint density at radius 1 is 1.08 bits per heavy atom. The van der Waals surface area contributed by atoms with Crippen LogP contribution in [0.5, 0.6) is 0 Å². The van der Waals surface area contributed by atoms with Crippen LogP contribution in [0, 0.1) is 35.4 Å². The Balaban J connectivity index is 1.53. The van der Waals surface area contributed by atoms with Crippen molar-refractivity contribution in [1.29, 1.82) is 0 Å². The van der Waals surface area contributed by atoms with E-state index in [0.29, 0.717) is 11.8 Å². The molecule has 0 aromatic heterocycles. The van der Waals surface area contributed by atoms with Crippen LogP contribution in [0.4, 0.5) is 10.1 Å². The number of methoxy groups -OCH3 is 1. The van der Waals surface area contributed by atoms with Crippen LogP contribution in [-0.2, 0) is 9.53 Å². The van der Waals surface area contributed by atoms with Crippen molar-refractivity contribution in [2.45, 2.75) is 32.1 Å². The molecule has 1 N–H and O–H groups in total. The Morgan fingerprint density at radius 3 is 2.29 bits per heavy atom. The van der Waals surface area contributed by atoms with Gasteiger partial charge >= 0.3 is 5.97 Å². The Labute approximate surface area is 140 Å². The minimum absolute atomic E-state index is 0.0148. The highest BCUT2D eigenvalue weighted by Crippen LogP contribution is 2.56. The molecule has 0 heterocycles. The third-order valence-electron chi connectivity index (χ3n) is 6.17. The average molecular weight is 331 g/mol. The molecule has 1 aromatic carbocycles. The molecule has 5 heteroatoms. The lowest BCUT2D eigenvalue weighted by atomic mass is 9.51. The smallest absolute Gasteiger partial charge is 0.337 e. The highest BCUT2D eigenvalue weighted by Gasteiger charge is 2.50. The molecule has 0 unspecified atom stereocenters. The fraction of sp³-hybridized carbons (Fsp3) is 0.579. The molecule has 1 amide bonds. The molecule has 4 nitrogen and oxygen atoms in total. The number of anilines is 1. The van der Waals surface area contributed by atoms with E-state index in [1.54, 1.807) is 0 Å². The lowest BCUT2D eigenvalue weighted by Gasteiger charge is -2.53. The van der Waals surface area contributed by atoms with Gasteiger partial charge in [0.25, 0.3) is 0 Å². The number of rotatable bonds is 3. The van der Waals surface area contributed by atoms with Crippen molar-refractivity contribution < 1.29 is 18.7 Å². The third-order valence-corrected chi connectivity index (χ3v) is 6.17. The van der Waals surface area contributed by atoms with Crippen molar-refractivity contribution in [3.8, 4) is 0 Å². The molecule has 0 spiro atoms. The number of carbonyl (C=O) groups excluding carboxylic acids is 2. The van der Waals surface area contributed by atoms with E-state index in [1.807, 2.05) is 0 Å². The van der Waals surface area contributed by atoms with E-state index in [9.17, 15) is 14.0 Å². The number of esters is 1. The normalized spacial score (nSPS) is 33.3. The van der Waals surface area contributed by atoms with Crippen LogP contribution in [-0.4, -0.2) is 19.0 Å². The zero-order chi connectivity index (χ0) is 16.8. The first-order valence-electron chi connectivity index (χ1n) is 8.74. The molecular weight excluding hydrogens is 309 g/mol. The van der Waals surface area contributed by atoms with Crippen LogP contribution in [0.15, 0.2) is 18.2 Å². The number of halogens is 1. The van der Waals surface area contributed by atoms with Gasteiger partial charge in [-0.05, 0) is 74.0 Å². The zero-order valence-electron chi connectivity index (χ0n) is 13.8. The Bertz CT molecular complexity index is 659.